The van der Waals surface area contributed by atoms with Gasteiger partial charge in [-0.25, -0.2) is 4.57 Å². The van der Waals surface area contributed by atoms with Gasteiger partial charge in [0.2, 0.25) is 0 Å². The molecule has 7 nitrogen and oxygen atoms in total. The Morgan fingerprint density at radius 2 is 1.31 bits per heavy atom. The van der Waals surface area contributed by atoms with Gasteiger partial charge in [0.05, 0.1) is 19.8 Å². The number of unbranched alkanes of at least 4 members (excludes halogenated alkanes) is 13. The number of phosphoric ester groups is 1. The molecule has 0 spiro atoms. The van der Waals surface area contributed by atoms with Crippen molar-refractivity contribution < 1.29 is 28.3 Å². The Hall–Kier alpha value is -0.270. The normalized spacial score (nSPS) is 14.8. The van der Waals surface area contributed by atoms with Crippen molar-refractivity contribution in [2.45, 2.75) is 109 Å². The molecule has 0 aliphatic heterocycles. The van der Waals surface area contributed by atoms with Crippen LogP contribution in [0.15, 0.2) is 12.2 Å². The molecular weight excluding hydrogens is 429 g/mol. The Kier molecular flexibility index (Phi) is 23.7. The molecule has 0 aromatic rings. The molecule has 0 aliphatic rings. The van der Waals surface area contributed by atoms with E-state index in [1.165, 1.54) is 83.5 Å². The average molecular weight is 480 g/mol. The summed E-state index contributed by atoms with van der Waals surface area (Å²) < 4.78 is 26.1. The second-order valence-electron chi connectivity index (χ2n) is 8.41. The molecule has 0 heterocycles. The Morgan fingerprint density at radius 1 is 0.781 bits per heavy atom. The van der Waals surface area contributed by atoms with E-state index in [9.17, 15) is 14.6 Å². The SMILES string of the molecule is CCCCCCCCC/C=C\CCCCCCCCOCC(O)COP(=O)(O)OCCN. The fraction of sp³-hybridized carbons (Fsp3) is 0.917. The Morgan fingerprint density at radius 3 is 1.88 bits per heavy atom. The number of ether oxygens (including phenoxy) is 1. The molecule has 0 bridgehead atoms. The molecule has 0 saturated carbocycles. The summed E-state index contributed by atoms with van der Waals surface area (Å²) in [5.74, 6) is 0. The molecule has 2 atom stereocenters. The first kappa shape index (κ1) is 31.7. The van der Waals surface area contributed by atoms with Gasteiger partial charge in [-0.05, 0) is 32.1 Å². The highest BCUT2D eigenvalue weighted by Gasteiger charge is 2.22. The lowest BCUT2D eigenvalue weighted by Crippen LogP contribution is -2.22. The number of aliphatic hydroxyl groups is 1. The fourth-order valence-corrected chi connectivity index (χ4v) is 4.05. The number of aliphatic hydroxyl groups excluding tert-OH is 1. The van der Waals surface area contributed by atoms with Crippen molar-refractivity contribution in [3.63, 3.8) is 0 Å². The molecule has 4 N–H and O–H groups in total. The van der Waals surface area contributed by atoms with Crippen LogP contribution in [-0.2, 0) is 18.3 Å². The predicted octanol–water partition coefficient (Wildman–Crippen LogP) is 5.88. The van der Waals surface area contributed by atoms with Crippen LogP contribution in [0.4, 0.5) is 0 Å². The first-order valence-corrected chi connectivity index (χ1v) is 14.2. The van der Waals surface area contributed by atoms with Gasteiger partial charge >= 0.3 is 7.82 Å². The maximum atomic E-state index is 11.4. The van der Waals surface area contributed by atoms with Crippen molar-refractivity contribution >= 4 is 7.82 Å². The van der Waals surface area contributed by atoms with Crippen molar-refractivity contribution in [1.82, 2.24) is 0 Å². The average Bonchev–Trinajstić information content (AvgIpc) is 2.78. The zero-order valence-electron chi connectivity index (χ0n) is 20.4. The highest BCUT2D eigenvalue weighted by molar-refractivity contribution is 7.47. The lowest BCUT2D eigenvalue weighted by atomic mass is 10.1. The van der Waals surface area contributed by atoms with Gasteiger partial charge in [0.25, 0.3) is 0 Å². The van der Waals surface area contributed by atoms with Crippen LogP contribution in [0.5, 0.6) is 0 Å². The third-order valence-electron chi connectivity index (χ3n) is 5.16. The monoisotopic (exact) mass is 479 g/mol. The van der Waals surface area contributed by atoms with Gasteiger partial charge in [0.1, 0.15) is 6.10 Å². The number of hydrogen-bond donors (Lipinski definition) is 3. The van der Waals surface area contributed by atoms with E-state index in [1.54, 1.807) is 0 Å². The van der Waals surface area contributed by atoms with Crippen molar-refractivity contribution in [3.05, 3.63) is 12.2 Å². The molecule has 0 aromatic carbocycles. The summed E-state index contributed by atoms with van der Waals surface area (Å²) in [7, 11) is -4.14. The molecule has 0 aliphatic carbocycles. The molecule has 0 amide bonds. The molecule has 8 heteroatoms. The van der Waals surface area contributed by atoms with Crippen LogP contribution in [0.25, 0.3) is 0 Å². The first-order valence-electron chi connectivity index (χ1n) is 12.7. The maximum absolute atomic E-state index is 11.4. The van der Waals surface area contributed by atoms with Gasteiger partial charge in [-0.2, -0.15) is 0 Å². The highest BCUT2D eigenvalue weighted by atomic mass is 31.2. The molecule has 0 radical (unpaired) electrons. The van der Waals surface area contributed by atoms with Crippen molar-refractivity contribution in [2.24, 2.45) is 5.73 Å². The predicted molar refractivity (Wildman–Crippen MR) is 132 cm³/mol. The number of nitrogens with two attached hydrogens (primary N) is 1. The van der Waals surface area contributed by atoms with Gasteiger partial charge < -0.3 is 20.5 Å². The smallest absolute Gasteiger partial charge is 0.388 e. The van der Waals surface area contributed by atoms with Crippen LogP contribution in [0.2, 0.25) is 0 Å². The minimum atomic E-state index is -4.14. The quantitative estimate of drug-likeness (QED) is 0.0851. The molecule has 0 rings (SSSR count). The van der Waals surface area contributed by atoms with E-state index < -0.39 is 13.9 Å². The number of rotatable bonds is 25. The molecule has 192 valence electrons. The topological polar surface area (TPSA) is 111 Å². The van der Waals surface area contributed by atoms with Gasteiger partial charge in [-0.1, -0.05) is 83.3 Å². The van der Waals surface area contributed by atoms with Gasteiger partial charge in [-0.15, -0.1) is 0 Å². The Labute approximate surface area is 196 Å². The van der Waals surface area contributed by atoms with Gasteiger partial charge in [0, 0.05) is 13.2 Å². The molecular formula is C24H50NO6P. The van der Waals surface area contributed by atoms with Crippen LogP contribution >= 0.6 is 7.82 Å². The summed E-state index contributed by atoms with van der Waals surface area (Å²) in [4.78, 5) is 9.33. The lowest BCUT2D eigenvalue weighted by molar-refractivity contribution is 0.00230. The minimum absolute atomic E-state index is 0.0715. The third-order valence-corrected chi connectivity index (χ3v) is 6.15. The fourth-order valence-electron chi connectivity index (χ4n) is 3.28. The maximum Gasteiger partial charge on any atom is 0.472 e. The largest absolute Gasteiger partial charge is 0.472 e. The van der Waals surface area contributed by atoms with E-state index in [0.29, 0.717) is 6.61 Å². The van der Waals surface area contributed by atoms with Crippen LogP contribution in [-0.4, -0.2) is 49.1 Å². The minimum Gasteiger partial charge on any atom is -0.388 e. The summed E-state index contributed by atoms with van der Waals surface area (Å²) in [5.41, 5.74) is 5.19. The summed E-state index contributed by atoms with van der Waals surface area (Å²) in [5, 5.41) is 9.71. The molecule has 0 saturated heterocycles. The zero-order valence-corrected chi connectivity index (χ0v) is 21.3. The molecule has 0 fully saturated rings. The number of allylic oxidation sites excluding steroid dienone is 2. The standard InChI is InChI=1S/C24H50NO6P/c1-2-3-4-5-6-7-8-9-10-11-12-13-14-15-16-17-18-20-29-22-24(26)23-31-32(27,28)30-21-19-25/h10-11,24,26H,2-9,12-23,25H2,1H3,(H,27,28)/b11-10-. The van der Waals surface area contributed by atoms with Crippen LogP contribution in [0, 0.1) is 0 Å². The van der Waals surface area contributed by atoms with Crippen LogP contribution < -0.4 is 5.73 Å². The first-order chi connectivity index (χ1) is 15.5. The summed E-state index contributed by atoms with van der Waals surface area (Å²) >= 11 is 0. The number of hydrogen-bond acceptors (Lipinski definition) is 6. The second-order valence-corrected chi connectivity index (χ2v) is 9.86. The van der Waals surface area contributed by atoms with Crippen molar-refractivity contribution in [2.75, 3.05) is 33.0 Å². The lowest BCUT2D eigenvalue weighted by Gasteiger charge is -2.15. The van der Waals surface area contributed by atoms with E-state index in [1.807, 2.05) is 0 Å². The zero-order chi connectivity index (χ0) is 23.8. The second kappa shape index (κ2) is 23.9. The van der Waals surface area contributed by atoms with Crippen molar-refractivity contribution in [3.8, 4) is 0 Å². The molecule has 0 aromatic heterocycles. The van der Waals surface area contributed by atoms with E-state index in [2.05, 4.69) is 28.1 Å². The van der Waals surface area contributed by atoms with E-state index in [-0.39, 0.29) is 26.4 Å². The van der Waals surface area contributed by atoms with E-state index in [0.717, 1.165) is 12.8 Å². The van der Waals surface area contributed by atoms with E-state index in [4.69, 9.17) is 10.5 Å². The summed E-state index contributed by atoms with van der Waals surface area (Å²) in [6.45, 7) is 2.64. The van der Waals surface area contributed by atoms with Crippen molar-refractivity contribution in [1.29, 1.82) is 0 Å². The Balaban J connectivity index is 3.31. The molecule has 32 heavy (non-hydrogen) atoms. The van der Waals surface area contributed by atoms with E-state index >= 15 is 0 Å². The highest BCUT2D eigenvalue weighted by Crippen LogP contribution is 2.42. The third kappa shape index (κ3) is 24.4. The summed E-state index contributed by atoms with van der Waals surface area (Å²) in [6, 6.07) is 0. The van der Waals surface area contributed by atoms with Crippen LogP contribution in [0.1, 0.15) is 103 Å². The molecule has 2 unspecified atom stereocenters. The van der Waals surface area contributed by atoms with Gasteiger partial charge in [-0.3, -0.25) is 9.05 Å². The summed E-state index contributed by atoms with van der Waals surface area (Å²) in [6.07, 6.45) is 22.8. The number of phosphoric acid groups is 1. The van der Waals surface area contributed by atoms with Crippen LogP contribution in [0.3, 0.4) is 0 Å². The van der Waals surface area contributed by atoms with Gasteiger partial charge in [0.15, 0.2) is 0 Å². The Bertz CT molecular complexity index is 464.